The lowest BCUT2D eigenvalue weighted by atomic mass is 10.0. The minimum atomic E-state index is -1.05. The van der Waals surface area contributed by atoms with E-state index in [-0.39, 0.29) is 25.0 Å². The largest absolute Gasteiger partial charge is 0.480 e. The molecule has 0 bridgehead atoms. The smallest absolute Gasteiger partial charge is 0.326 e. The summed E-state index contributed by atoms with van der Waals surface area (Å²) in [7, 11) is 3.78. The van der Waals surface area contributed by atoms with Crippen LogP contribution in [0.2, 0.25) is 0 Å². The minimum Gasteiger partial charge on any atom is -0.480 e. The van der Waals surface area contributed by atoms with Crippen molar-refractivity contribution in [2.75, 3.05) is 33.7 Å². The van der Waals surface area contributed by atoms with Gasteiger partial charge in [0.25, 0.3) is 0 Å². The molecule has 2 aliphatic heterocycles. The first-order valence-corrected chi connectivity index (χ1v) is 7.03. The van der Waals surface area contributed by atoms with E-state index in [1.807, 2.05) is 0 Å². The molecule has 2 saturated heterocycles. The van der Waals surface area contributed by atoms with Crippen LogP contribution >= 0.6 is 0 Å². The fourth-order valence-electron chi connectivity index (χ4n) is 3.00. The number of aliphatic hydroxyl groups excluding tert-OH is 1. The highest BCUT2D eigenvalue weighted by Gasteiger charge is 2.41. The average molecular weight is 285 g/mol. The van der Waals surface area contributed by atoms with Gasteiger partial charge in [-0.1, -0.05) is 0 Å². The third-order valence-electron chi connectivity index (χ3n) is 4.35. The summed E-state index contributed by atoms with van der Waals surface area (Å²) in [6.45, 7) is 1.98. The van der Waals surface area contributed by atoms with Crippen LogP contribution in [0.15, 0.2) is 0 Å². The van der Waals surface area contributed by atoms with Crippen molar-refractivity contribution in [1.82, 2.24) is 14.7 Å². The Morgan fingerprint density at radius 1 is 1.25 bits per heavy atom. The summed E-state index contributed by atoms with van der Waals surface area (Å²) in [6.07, 6.45) is 1.16. The van der Waals surface area contributed by atoms with Gasteiger partial charge in [0, 0.05) is 26.1 Å². The van der Waals surface area contributed by atoms with Crippen LogP contribution in [0.1, 0.15) is 19.3 Å². The molecule has 0 aromatic carbocycles. The summed E-state index contributed by atoms with van der Waals surface area (Å²) in [5.74, 6) is -1.05. The van der Waals surface area contributed by atoms with Crippen LogP contribution in [0.25, 0.3) is 0 Å². The zero-order valence-electron chi connectivity index (χ0n) is 12.0. The third-order valence-corrected chi connectivity index (χ3v) is 4.35. The van der Waals surface area contributed by atoms with Gasteiger partial charge in [-0.2, -0.15) is 0 Å². The number of β-amino-alcohol motifs (C(OH)–C–C–N with tert-alkyl or cyclic N) is 1. The van der Waals surface area contributed by atoms with Gasteiger partial charge in [0.2, 0.25) is 0 Å². The predicted octanol–water partition coefficient (Wildman–Crippen LogP) is -0.348. The zero-order chi connectivity index (χ0) is 14.9. The number of urea groups is 1. The highest BCUT2D eigenvalue weighted by molar-refractivity contribution is 5.83. The quantitative estimate of drug-likeness (QED) is 0.724. The molecule has 2 heterocycles. The fourth-order valence-corrected chi connectivity index (χ4v) is 3.00. The van der Waals surface area contributed by atoms with Gasteiger partial charge in [0.1, 0.15) is 6.04 Å². The van der Waals surface area contributed by atoms with Gasteiger partial charge in [0.15, 0.2) is 0 Å². The van der Waals surface area contributed by atoms with E-state index in [1.165, 1.54) is 4.90 Å². The van der Waals surface area contributed by atoms with Gasteiger partial charge < -0.3 is 24.9 Å². The molecule has 0 aliphatic carbocycles. The maximum absolute atomic E-state index is 12.5. The Hall–Kier alpha value is -1.34. The number of amides is 2. The molecule has 2 fully saturated rings. The molecule has 2 atom stereocenters. The van der Waals surface area contributed by atoms with Crippen LogP contribution in [-0.2, 0) is 4.79 Å². The molecule has 1 unspecified atom stereocenters. The number of carbonyl (C=O) groups excluding carboxylic acids is 1. The highest BCUT2D eigenvalue weighted by atomic mass is 16.4. The molecule has 2 rings (SSSR count). The Balaban J connectivity index is 2.00. The minimum absolute atomic E-state index is 0.104. The first kappa shape index (κ1) is 15.1. The van der Waals surface area contributed by atoms with Crippen molar-refractivity contribution >= 4 is 12.0 Å². The van der Waals surface area contributed by atoms with Crippen molar-refractivity contribution in [3.05, 3.63) is 0 Å². The number of likely N-dealkylation sites (tertiary alicyclic amines) is 2. The van der Waals surface area contributed by atoms with E-state index < -0.39 is 18.1 Å². The van der Waals surface area contributed by atoms with Crippen LogP contribution in [0.4, 0.5) is 4.79 Å². The lowest BCUT2D eigenvalue weighted by Gasteiger charge is -2.37. The van der Waals surface area contributed by atoms with Gasteiger partial charge in [-0.15, -0.1) is 0 Å². The SMILES string of the molecule is CN1CCC(N(C)C(=O)N2CC(O)C[C@H]2C(=O)O)CC1. The zero-order valence-corrected chi connectivity index (χ0v) is 12.0. The summed E-state index contributed by atoms with van der Waals surface area (Å²) in [4.78, 5) is 28.8. The van der Waals surface area contributed by atoms with Crippen molar-refractivity contribution in [3.8, 4) is 0 Å². The number of carboxylic acid groups (broad SMARTS) is 1. The molecule has 2 aliphatic rings. The molecule has 0 aromatic rings. The molecule has 7 nitrogen and oxygen atoms in total. The summed E-state index contributed by atoms with van der Waals surface area (Å²) < 4.78 is 0. The Bertz CT molecular complexity index is 382. The maximum atomic E-state index is 12.5. The molecule has 20 heavy (non-hydrogen) atoms. The highest BCUT2D eigenvalue weighted by Crippen LogP contribution is 2.22. The van der Waals surface area contributed by atoms with Gasteiger partial charge in [0.05, 0.1) is 6.10 Å². The molecule has 7 heteroatoms. The number of hydrogen-bond donors (Lipinski definition) is 2. The van der Waals surface area contributed by atoms with Gasteiger partial charge in [-0.3, -0.25) is 0 Å². The Kier molecular flexibility index (Phi) is 4.49. The number of piperidine rings is 1. The standard InChI is InChI=1S/C13H23N3O4/c1-14-5-3-9(4-6-14)15(2)13(20)16-8-10(17)7-11(16)12(18)19/h9-11,17H,3-8H2,1-2H3,(H,18,19)/t10?,11-/m0/s1. The molecule has 0 saturated carbocycles. The molecule has 0 aromatic heterocycles. The van der Waals surface area contributed by atoms with Crippen LogP contribution in [-0.4, -0.2) is 88.8 Å². The molecule has 2 amide bonds. The second-order valence-electron chi connectivity index (χ2n) is 5.82. The number of rotatable bonds is 2. The lowest BCUT2D eigenvalue weighted by Crippen LogP contribution is -2.52. The molecular weight excluding hydrogens is 262 g/mol. The monoisotopic (exact) mass is 285 g/mol. The van der Waals surface area contributed by atoms with Crippen molar-refractivity contribution in [2.24, 2.45) is 0 Å². The van der Waals surface area contributed by atoms with Crippen molar-refractivity contribution in [3.63, 3.8) is 0 Å². The van der Waals surface area contributed by atoms with Crippen LogP contribution in [0.5, 0.6) is 0 Å². The maximum Gasteiger partial charge on any atom is 0.326 e. The van der Waals surface area contributed by atoms with E-state index in [0.717, 1.165) is 25.9 Å². The molecule has 0 spiro atoms. The summed E-state index contributed by atoms with van der Waals surface area (Å²) >= 11 is 0. The van der Waals surface area contributed by atoms with E-state index in [1.54, 1.807) is 11.9 Å². The first-order valence-electron chi connectivity index (χ1n) is 7.03. The van der Waals surface area contributed by atoms with E-state index in [2.05, 4.69) is 11.9 Å². The van der Waals surface area contributed by atoms with Crippen molar-refractivity contribution in [1.29, 1.82) is 0 Å². The molecule has 0 radical (unpaired) electrons. The number of aliphatic carboxylic acids is 1. The normalized spacial score (nSPS) is 28.6. The fraction of sp³-hybridized carbons (Fsp3) is 0.846. The molecule has 114 valence electrons. The Morgan fingerprint density at radius 3 is 2.40 bits per heavy atom. The van der Waals surface area contributed by atoms with E-state index >= 15 is 0 Å². The Labute approximate surface area is 118 Å². The lowest BCUT2D eigenvalue weighted by molar-refractivity contribution is -0.141. The van der Waals surface area contributed by atoms with Crippen LogP contribution in [0, 0.1) is 0 Å². The van der Waals surface area contributed by atoms with E-state index in [4.69, 9.17) is 5.11 Å². The number of nitrogens with zero attached hydrogens (tertiary/aromatic N) is 3. The van der Waals surface area contributed by atoms with E-state index in [0.29, 0.717) is 0 Å². The first-order chi connectivity index (χ1) is 9.40. The number of hydrogen-bond acceptors (Lipinski definition) is 4. The van der Waals surface area contributed by atoms with Crippen LogP contribution < -0.4 is 0 Å². The second kappa shape index (κ2) is 5.97. The van der Waals surface area contributed by atoms with E-state index in [9.17, 15) is 14.7 Å². The number of aliphatic hydroxyl groups is 1. The van der Waals surface area contributed by atoms with Crippen molar-refractivity contribution < 1.29 is 19.8 Å². The number of carboxylic acids is 1. The predicted molar refractivity (Wildman–Crippen MR) is 72.4 cm³/mol. The Morgan fingerprint density at radius 2 is 1.85 bits per heavy atom. The van der Waals surface area contributed by atoms with Gasteiger partial charge in [-0.05, 0) is 33.0 Å². The topological polar surface area (TPSA) is 84.3 Å². The molecule has 2 N–H and O–H groups in total. The van der Waals surface area contributed by atoms with Crippen LogP contribution in [0.3, 0.4) is 0 Å². The van der Waals surface area contributed by atoms with Gasteiger partial charge >= 0.3 is 12.0 Å². The number of carbonyl (C=O) groups is 2. The van der Waals surface area contributed by atoms with Gasteiger partial charge in [-0.25, -0.2) is 9.59 Å². The van der Waals surface area contributed by atoms with Crippen molar-refractivity contribution in [2.45, 2.75) is 37.5 Å². The summed E-state index contributed by atoms with van der Waals surface area (Å²) in [5.41, 5.74) is 0. The summed E-state index contributed by atoms with van der Waals surface area (Å²) in [6, 6.07) is -1.05. The average Bonchev–Trinajstić information content (AvgIpc) is 2.80. The summed E-state index contributed by atoms with van der Waals surface area (Å²) in [5, 5.41) is 18.8. The third kappa shape index (κ3) is 3.04. The second-order valence-corrected chi connectivity index (χ2v) is 5.82. The molecular formula is C13H23N3O4.